The van der Waals surface area contributed by atoms with Crippen LogP contribution in [0.4, 0.5) is 4.39 Å². The minimum absolute atomic E-state index is 0.164. The number of aryl methyl sites for hydroxylation is 1. The lowest BCUT2D eigenvalue weighted by Gasteiger charge is -2.16. The largest absolute Gasteiger partial charge is 0.496 e. The molecular weight excluding hydrogens is 299 g/mol. The maximum absolute atomic E-state index is 13.1. The molecule has 0 aliphatic heterocycles. The minimum atomic E-state index is -0.342. The summed E-state index contributed by atoms with van der Waals surface area (Å²) >= 11 is 0. The van der Waals surface area contributed by atoms with Gasteiger partial charge in [-0.25, -0.2) is 4.39 Å². The van der Waals surface area contributed by atoms with Gasteiger partial charge in [-0.15, -0.1) is 0 Å². The van der Waals surface area contributed by atoms with Crippen LogP contribution in [0.5, 0.6) is 5.75 Å². The average molecular weight is 318 g/mol. The summed E-state index contributed by atoms with van der Waals surface area (Å²) in [5.41, 5.74) is 1.73. The van der Waals surface area contributed by atoms with Crippen molar-refractivity contribution in [1.29, 1.82) is 0 Å². The number of H-pyrrole nitrogens is 1. The van der Waals surface area contributed by atoms with Crippen LogP contribution in [0.1, 0.15) is 28.4 Å². The van der Waals surface area contributed by atoms with Crippen LogP contribution in [0.15, 0.2) is 35.3 Å². The molecule has 1 unspecified atom stereocenters. The zero-order valence-electron chi connectivity index (χ0n) is 13.3. The zero-order chi connectivity index (χ0) is 17.0. The first-order chi connectivity index (χ1) is 10.9. The fourth-order valence-electron chi connectivity index (χ4n) is 2.37. The van der Waals surface area contributed by atoms with Gasteiger partial charge in [-0.05, 0) is 43.5 Å². The summed E-state index contributed by atoms with van der Waals surface area (Å²) in [4.78, 5) is 26.0. The monoisotopic (exact) mass is 318 g/mol. The van der Waals surface area contributed by atoms with Crippen LogP contribution < -0.4 is 15.6 Å². The molecule has 1 amide bonds. The maximum Gasteiger partial charge on any atom is 0.256 e. The molecule has 1 aromatic heterocycles. The first-order valence-corrected chi connectivity index (χ1v) is 7.23. The molecule has 23 heavy (non-hydrogen) atoms. The van der Waals surface area contributed by atoms with Gasteiger partial charge in [0, 0.05) is 18.3 Å². The van der Waals surface area contributed by atoms with Crippen molar-refractivity contribution < 1.29 is 13.9 Å². The van der Waals surface area contributed by atoms with Crippen molar-refractivity contribution in [2.75, 3.05) is 7.11 Å². The van der Waals surface area contributed by atoms with E-state index in [0.717, 1.165) is 11.1 Å². The predicted octanol–water partition coefficient (Wildman–Crippen LogP) is 2.19. The van der Waals surface area contributed by atoms with Crippen LogP contribution >= 0.6 is 0 Å². The highest BCUT2D eigenvalue weighted by Gasteiger charge is 2.16. The number of carbonyl (C=O) groups is 1. The van der Waals surface area contributed by atoms with Gasteiger partial charge < -0.3 is 15.0 Å². The standard InChI is InChI=1S/C17H19FN2O3/c1-10-6-13(18)5-4-12(10)7-11(2)20-17(22)14-9-19-16(21)8-15(14)23-3/h4-6,8-9,11H,7H2,1-3H3,(H,19,21)(H,20,22). The molecule has 1 atom stereocenters. The minimum Gasteiger partial charge on any atom is -0.496 e. The van der Waals surface area contributed by atoms with Gasteiger partial charge in [0.15, 0.2) is 0 Å². The van der Waals surface area contributed by atoms with Crippen molar-refractivity contribution in [2.45, 2.75) is 26.3 Å². The lowest BCUT2D eigenvalue weighted by atomic mass is 10.0. The van der Waals surface area contributed by atoms with Crippen molar-refractivity contribution in [1.82, 2.24) is 10.3 Å². The number of aromatic nitrogens is 1. The summed E-state index contributed by atoms with van der Waals surface area (Å²) in [6.45, 7) is 3.69. The van der Waals surface area contributed by atoms with E-state index in [1.165, 1.54) is 31.5 Å². The second kappa shape index (κ2) is 7.09. The SMILES string of the molecule is COc1cc(=O)[nH]cc1C(=O)NC(C)Cc1ccc(F)cc1C. The number of carbonyl (C=O) groups excluding carboxylic acids is 1. The van der Waals surface area contributed by atoms with E-state index in [4.69, 9.17) is 4.74 Å². The van der Waals surface area contributed by atoms with Crippen LogP contribution in [-0.4, -0.2) is 24.0 Å². The molecule has 1 aromatic carbocycles. The molecule has 0 bridgehead atoms. The molecule has 1 heterocycles. The molecule has 2 N–H and O–H groups in total. The number of pyridine rings is 1. The summed E-state index contributed by atoms with van der Waals surface area (Å²) in [6.07, 6.45) is 1.90. The number of rotatable bonds is 5. The molecule has 0 spiro atoms. The summed E-state index contributed by atoms with van der Waals surface area (Å²) in [6, 6.07) is 5.65. The lowest BCUT2D eigenvalue weighted by molar-refractivity contribution is 0.0936. The molecule has 122 valence electrons. The number of methoxy groups -OCH3 is 1. The number of hydrogen-bond donors (Lipinski definition) is 2. The molecule has 0 aliphatic rings. The van der Waals surface area contributed by atoms with Gasteiger partial charge >= 0.3 is 0 Å². The molecule has 6 heteroatoms. The van der Waals surface area contributed by atoms with Crippen molar-refractivity contribution in [3.63, 3.8) is 0 Å². The highest BCUT2D eigenvalue weighted by atomic mass is 19.1. The second-order valence-corrected chi connectivity index (χ2v) is 5.43. The summed E-state index contributed by atoms with van der Waals surface area (Å²) in [5.74, 6) is -0.400. The third kappa shape index (κ3) is 4.18. The molecule has 5 nitrogen and oxygen atoms in total. The summed E-state index contributed by atoms with van der Waals surface area (Å²) < 4.78 is 18.2. The van der Waals surface area contributed by atoms with Gasteiger partial charge in [-0.3, -0.25) is 9.59 Å². The number of benzene rings is 1. The van der Waals surface area contributed by atoms with Crippen molar-refractivity contribution >= 4 is 5.91 Å². The van der Waals surface area contributed by atoms with Crippen molar-refractivity contribution in [2.24, 2.45) is 0 Å². The molecular formula is C17H19FN2O3. The zero-order valence-corrected chi connectivity index (χ0v) is 13.3. The molecule has 0 saturated carbocycles. The Kier molecular flexibility index (Phi) is 5.16. The molecule has 0 radical (unpaired) electrons. The number of amides is 1. The van der Waals surface area contributed by atoms with E-state index in [0.29, 0.717) is 6.42 Å². The smallest absolute Gasteiger partial charge is 0.256 e. The van der Waals surface area contributed by atoms with E-state index in [2.05, 4.69) is 10.3 Å². The van der Waals surface area contributed by atoms with Crippen molar-refractivity contribution in [3.05, 3.63) is 63.3 Å². The Morgan fingerprint density at radius 3 is 2.78 bits per heavy atom. The van der Waals surface area contributed by atoms with Crippen LogP contribution in [0.25, 0.3) is 0 Å². The van der Waals surface area contributed by atoms with Gasteiger partial charge in [0.2, 0.25) is 0 Å². The molecule has 0 aliphatic carbocycles. The van der Waals surface area contributed by atoms with Crippen LogP contribution in [-0.2, 0) is 6.42 Å². The van der Waals surface area contributed by atoms with Crippen molar-refractivity contribution in [3.8, 4) is 5.75 Å². The number of halogens is 1. The Labute approximate surface area is 133 Å². The van der Waals surface area contributed by atoms with E-state index in [1.54, 1.807) is 6.07 Å². The fraction of sp³-hybridized carbons (Fsp3) is 0.294. The molecule has 2 rings (SSSR count). The van der Waals surface area contributed by atoms with E-state index >= 15 is 0 Å². The Hall–Kier alpha value is -2.63. The highest BCUT2D eigenvalue weighted by Crippen LogP contribution is 2.15. The first-order valence-electron chi connectivity index (χ1n) is 7.23. The maximum atomic E-state index is 13.1. The second-order valence-electron chi connectivity index (χ2n) is 5.43. The van der Waals surface area contributed by atoms with Gasteiger partial charge in [0.25, 0.3) is 11.5 Å². The van der Waals surface area contributed by atoms with E-state index in [-0.39, 0.29) is 34.6 Å². The normalized spacial score (nSPS) is 11.8. The van der Waals surface area contributed by atoms with E-state index < -0.39 is 0 Å². The number of ether oxygens (including phenoxy) is 1. The van der Waals surface area contributed by atoms with Gasteiger partial charge in [0.1, 0.15) is 11.6 Å². The third-order valence-corrected chi connectivity index (χ3v) is 3.56. The van der Waals surface area contributed by atoms with Crippen LogP contribution in [0.2, 0.25) is 0 Å². The Bertz CT molecular complexity index is 771. The third-order valence-electron chi connectivity index (χ3n) is 3.56. The Morgan fingerprint density at radius 2 is 2.13 bits per heavy atom. The van der Waals surface area contributed by atoms with Crippen LogP contribution in [0, 0.1) is 12.7 Å². The van der Waals surface area contributed by atoms with Gasteiger partial charge in [-0.1, -0.05) is 6.07 Å². The summed E-state index contributed by atoms with van der Waals surface area (Å²) in [5, 5.41) is 2.85. The van der Waals surface area contributed by atoms with Crippen LogP contribution in [0.3, 0.4) is 0 Å². The Balaban J connectivity index is 2.09. The molecule has 0 saturated heterocycles. The quantitative estimate of drug-likeness (QED) is 0.888. The van der Waals surface area contributed by atoms with E-state index in [1.807, 2.05) is 13.8 Å². The predicted molar refractivity (Wildman–Crippen MR) is 85.4 cm³/mol. The fourth-order valence-corrected chi connectivity index (χ4v) is 2.37. The number of aromatic amines is 1. The topological polar surface area (TPSA) is 71.2 Å². The highest BCUT2D eigenvalue weighted by molar-refractivity contribution is 5.96. The van der Waals surface area contributed by atoms with Gasteiger partial charge in [-0.2, -0.15) is 0 Å². The first kappa shape index (κ1) is 16.7. The molecule has 0 fully saturated rings. The lowest BCUT2D eigenvalue weighted by Crippen LogP contribution is -2.34. The summed E-state index contributed by atoms with van der Waals surface area (Å²) in [7, 11) is 1.40. The number of nitrogens with one attached hydrogen (secondary N) is 2. The molecule has 2 aromatic rings. The average Bonchev–Trinajstić information content (AvgIpc) is 2.49. The Morgan fingerprint density at radius 1 is 1.39 bits per heavy atom. The van der Waals surface area contributed by atoms with E-state index in [9.17, 15) is 14.0 Å². The van der Waals surface area contributed by atoms with Gasteiger partial charge in [0.05, 0.1) is 12.7 Å². The number of hydrogen-bond acceptors (Lipinski definition) is 3.